The monoisotopic (exact) mass is 344 g/mol. The van der Waals surface area contributed by atoms with Crippen LogP contribution in [0, 0.1) is 13.8 Å². The number of aromatic nitrogens is 2. The lowest BCUT2D eigenvalue weighted by molar-refractivity contribution is 0.833. The lowest BCUT2D eigenvalue weighted by Gasteiger charge is -2.03. The Morgan fingerprint density at radius 1 is 0.957 bits per heavy atom. The van der Waals surface area contributed by atoms with E-state index >= 15 is 0 Å². The summed E-state index contributed by atoms with van der Waals surface area (Å²) in [5, 5.41) is 14.1. The summed E-state index contributed by atoms with van der Waals surface area (Å²) in [6.45, 7) is 3.86. The molecular weight excluding hydrogens is 331 g/mol. The van der Waals surface area contributed by atoms with Crippen molar-refractivity contribution in [3.05, 3.63) is 70.0 Å². The highest BCUT2D eigenvalue weighted by atomic mass is 35.5. The summed E-state index contributed by atoms with van der Waals surface area (Å²) in [5.74, 6) is 0. The third-order valence-electron chi connectivity index (χ3n) is 3.42. The molecule has 0 aliphatic carbocycles. The first-order valence-corrected chi connectivity index (χ1v) is 7.80. The molecule has 2 aromatic carbocycles. The highest BCUT2D eigenvalue weighted by Crippen LogP contribution is 2.32. The molecule has 0 aliphatic heterocycles. The molecule has 0 amide bonds. The van der Waals surface area contributed by atoms with Crippen molar-refractivity contribution in [2.45, 2.75) is 13.8 Å². The van der Waals surface area contributed by atoms with Gasteiger partial charge in [-0.2, -0.15) is 5.10 Å². The van der Waals surface area contributed by atoms with E-state index in [1.165, 1.54) is 0 Å². The van der Waals surface area contributed by atoms with E-state index in [9.17, 15) is 0 Å². The van der Waals surface area contributed by atoms with Gasteiger partial charge in [0.2, 0.25) is 0 Å². The summed E-state index contributed by atoms with van der Waals surface area (Å²) in [7, 11) is 0. The van der Waals surface area contributed by atoms with Crippen molar-refractivity contribution in [2.75, 3.05) is 0 Å². The molecule has 0 bridgehead atoms. The molecule has 0 unspecified atom stereocenters. The fraction of sp³-hybridized carbons (Fsp3) is 0.118. The Morgan fingerprint density at radius 3 is 2.43 bits per heavy atom. The fourth-order valence-electron chi connectivity index (χ4n) is 2.27. The summed E-state index contributed by atoms with van der Waals surface area (Å²) in [6, 6.07) is 15.0. The third kappa shape index (κ3) is 3.28. The Bertz CT molecular complexity index is 870. The minimum absolute atomic E-state index is 0.504. The number of benzene rings is 2. The molecule has 0 fully saturated rings. The number of azo groups is 1. The SMILES string of the molecule is Cc1nn(-c2ccccc2)c(C)c1/N=N/c1cc(Cl)ccc1Cl. The van der Waals surface area contributed by atoms with Crippen LogP contribution in [0.5, 0.6) is 0 Å². The number of hydrogen-bond acceptors (Lipinski definition) is 3. The molecule has 0 radical (unpaired) electrons. The summed E-state index contributed by atoms with van der Waals surface area (Å²) in [5.41, 5.74) is 3.95. The molecule has 0 atom stereocenters. The van der Waals surface area contributed by atoms with Crippen LogP contribution in [0.1, 0.15) is 11.4 Å². The number of nitrogens with zero attached hydrogens (tertiary/aromatic N) is 4. The van der Waals surface area contributed by atoms with E-state index in [1.807, 2.05) is 48.9 Å². The van der Waals surface area contributed by atoms with Gasteiger partial charge in [0.05, 0.1) is 22.1 Å². The summed E-state index contributed by atoms with van der Waals surface area (Å²) < 4.78 is 1.85. The van der Waals surface area contributed by atoms with Crippen molar-refractivity contribution >= 4 is 34.6 Å². The van der Waals surface area contributed by atoms with Crippen LogP contribution in [0.25, 0.3) is 5.69 Å². The van der Waals surface area contributed by atoms with E-state index in [2.05, 4.69) is 15.3 Å². The smallest absolute Gasteiger partial charge is 0.130 e. The van der Waals surface area contributed by atoms with Crippen LogP contribution in [0.2, 0.25) is 10.0 Å². The molecule has 3 rings (SSSR count). The van der Waals surface area contributed by atoms with Crippen LogP contribution in [-0.4, -0.2) is 9.78 Å². The molecule has 116 valence electrons. The van der Waals surface area contributed by atoms with Crippen molar-refractivity contribution in [3.63, 3.8) is 0 Å². The molecule has 0 saturated heterocycles. The summed E-state index contributed by atoms with van der Waals surface area (Å²) in [6.07, 6.45) is 0. The third-order valence-corrected chi connectivity index (χ3v) is 3.97. The predicted octanol–water partition coefficient (Wildman–Crippen LogP) is 6.21. The van der Waals surface area contributed by atoms with Crippen LogP contribution in [-0.2, 0) is 0 Å². The van der Waals surface area contributed by atoms with E-state index < -0.39 is 0 Å². The quantitative estimate of drug-likeness (QED) is 0.520. The van der Waals surface area contributed by atoms with Crippen molar-refractivity contribution in [2.24, 2.45) is 10.2 Å². The van der Waals surface area contributed by atoms with Gasteiger partial charge in [-0.15, -0.1) is 10.2 Å². The molecule has 0 aliphatic rings. The van der Waals surface area contributed by atoms with Gasteiger partial charge in [0, 0.05) is 5.02 Å². The normalized spacial score (nSPS) is 11.3. The highest BCUT2D eigenvalue weighted by Gasteiger charge is 2.12. The first-order chi connectivity index (χ1) is 11.1. The van der Waals surface area contributed by atoms with Gasteiger partial charge >= 0.3 is 0 Å². The molecule has 6 heteroatoms. The van der Waals surface area contributed by atoms with E-state index in [0.29, 0.717) is 15.7 Å². The first kappa shape index (κ1) is 15.7. The second kappa shape index (κ2) is 6.52. The Kier molecular flexibility index (Phi) is 4.46. The average Bonchev–Trinajstić information content (AvgIpc) is 2.84. The highest BCUT2D eigenvalue weighted by molar-refractivity contribution is 6.35. The van der Waals surface area contributed by atoms with Gasteiger partial charge in [0.15, 0.2) is 0 Å². The van der Waals surface area contributed by atoms with Gasteiger partial charge in [0.25, 0.3) is 0 Å². The topological polar surface area (TPSA) is 42.5 Å². The van der Waals surface area contributed by atoms with E-state index in [1.54, 1.807) is 18.2 Å². The lowest BCUT2D eigenvalue weighted by atomic mass is 10.3. The van der Waals surface area contributed by atoms with Crippen LogP contribution >= 0.6 is 23.2 Å². The van der Waals surface area contributed by atoms with Gasteiger partial charge in [0.1, 0.15) is 11.4 Å². The van der Waals surface area contributed by atoms with Crippen LogP contribution in [0.15, 0.2) is 58.8 Å². The maximum atomic E-state index is 6.11. The van der Waals surface area contributed by atoms with Crippen molar-refractivity contribution in [3.8, 4) is 5.69 Å². The first-order valence-electron chi connectivity index (χ1n) is 7.04. The molecule has 3 aromatic rings. The van der Waals surface area contributed by atoms with Crippen molar-refractivity contribution < 1.29 is 0 Å². The number of rotatable bonds is 3. The zero-order chi connectivity index (χ0) is 16.4. The molecule has 1 aromatic heterocycles. The number of hydrogen-bond donors (Lipinski definition) is 0. The molecule has 4 nitrogen and oxygen atoms in total. The minimum Gasteiger partial charge on any atom is -0.236 e. The van der Waals surface area contributed by atoms with Gasteiger partial charge in [-0.3, -0.25) is 0 Å². The second-order valence-corrected chi connectivity index (χ2v) is 5.91. The van der Waals surface area contributed by atoms with Crippen LogP contribution in [0.3, 0.4) is 0 Å². The Hall–Kier alpha value is -2.17. The maximum Gasteiger partial charge on any atom is 0.130 e. The second-order valence-electron chi connectivity index (χ2n) is 5.06. The van der Waals surface area contributed by atoms with Gasteiger partial charge in [-0.25, -0.2) is 4.68 Å². The molecule has 0 spiro atoms. The molecule has 0 saturated carbocycles. The van der Waals surface area contributed by atoms with E-state index in [4.69, 9.17) is 23.2 Å². The van der Waals surface area contributed by atoms with E-state index in [0.717, 1.165) is 22.8 Å². The van der Waals surface area contributed by atoms with Gasteiger partial charge in [-0.1, -0.05) is 41.4 Å². The summed E-state index contributed by atoms with van der Waals surface area (Å²) in [4.78, 5) is 0. The van der Waals surface area contributed by atoms with E-state index in [-0.39, 0.29) is 0 Å². The number of para-hydroxylation sites is 1. The average molecular weight is 345 g/mol. The number of halogens is 2. The maximum absolute atomic E-state index is 6.11. The lowest BCUT2D eigenvalue weighted by Crippen LogP contribution is -1.98. The number of aryl methyl sites for hydroxylation is 1. The largest absolute Gasteiger partial charge is 0.236 e. The standard InChI is InChI=1S/C17H14Cl2N4/c1-11-17(21-20-16-10-13(18)8-9-15(16)19)12(2)23(22-11)14-6-4-3-5-7-14/h3-10H,1-2H3/b21-20+. The molecule has 0 N–H and O–H groups in total. The molecule has 23 heavy (non-hydrogen) atoms. The molecule has 1 heterocycles. The zero-order valence-corrected chi connectivity index (χ0v) is 14.2. The summed E-state index contributed by atoms with van der Waals surface area (Å²) >= 11 is 12.1. The van der Waals surface area contributed by atoms with Crippen molar-refractivity contribution in [1.29, 1.82) is 0 Å². The Morgan fingerprint density at radius 2 is 1.70 bits per heavy atom. The van der Waals surface area contributed by atoms with Gasteiger partial charge in [-0.05, 0) is 44.2 Å². The molecular formula is C17H14Cl2N4. The van der Waals surface area contributed by atoms with Crippen LogP contribution < -0.4 is 0 Å². The van der Waals surface area contributed by atoms with Crippen LogP contribution in [0.4, 0.5) is 11.4 Å². The van der Waals surface area contributed by atoms with Crippen molar-refractivity contribution in [1.82, 2.24) is 9.78 Å². The Labute approximate surface area is 144 Å². The van der Waals surface area contributed by atoms with Gasteiger partial charge < -0.3 is 0 Å². The zero-order valence-electron chi connectivity index (χ0n) is 12.7. The minimum atomic E-state index is 0.504. The predicted molar refractivity (Wildman–Crippen MR) is 93.7 cm³/mol. The Balaban J connectivity index is 2.00. The fourth-order valence-corrected chi connectivity index (χ4v) is 2.59.